The smallest absolute Gasteiger partial charge is 0.257 e. The van der Waals surface area contributed by atoms with E-state index in [9.17, 15) is 4.79 Å². The summed E-state index contributed by atoms with van der Waals surface area (Å²) in [6.07, 6.45) is 0. The molecule has 2 aromatic heterocycles. The second-order valence-electron chi connectivity index (χ2n) is 7.42. The molecule has 6 nitrogen and oxygen atoms in total. The van der Waals surface area contributed by atoms with Crippen molar-refractivity contribution in [3.8, 4) is 11.4 Å². The predicted octanol–water partition coefficient (Wildman–Crippen LogP) is 5.06. The van der Waals surface area contributed by atoms with Crippen molar-refractivity contribution in [2.75, 3.05) is 5.32 Å². The lowest BCUT2D eigenvalue weighted by atomic mass is 9.87. The van der Waals surface area contributed by atoms with Crippen LogP contribution in [0.4, 0.5) is 5.13 Å². The van der Waals surface area contributed by atoms with Crippen LogP contribution < -0.4 is 5.32 Å². The van der Waals surface area contributed by atoms with Crippen LogP contribution in [-0.2, 0) is 5.41 Å². The Kier molecular flexibility index (Phi) is 4.64. The maximum absolute atomic E-state index is 12.6. The third-order valence-electron chi connectivity index (χ3n) is 4.31. The molecule has 1 N–H and O–H groups in total. The molecule has 0 aliphatic carbocycles. The summed E-state index contributed by atoms with van der Waals surface area (Å²) in [6, 6.07) is 14.9. The van der Waals surface area contributed by atoms with Crippen molar-refractivity contribution in [1.82, 2.24) is 19.8 Å². The van der Waals surface area contributed by atoms with E-state index >= 15 is 0 Å². The molecule has 0 fully saturated rings. The van der Waals surface area contributed by atoms with Gasteiger partial charge in [-0.3, -0.25) is 10.1 Å². The van der Waals surface area contributed by atoms with E-state index in [1.54, 1.807) is 16.6 Å². The van der Waals surface area contributed by atoms with Gasteiger partial charge in [0.2, 0.25) is 10.1 Å². The molecule has 2 heterocycles. The molecule has 2 aromatic carbocycles. The average Bonchev–Trinajstić information content (AvgIpc) is 3.21. The van der Waals surface area contributed by atoms with Crippen LogP contribution in [0.5, 0.6) is 0 Å². The van der Waals surface area contributed by atoms with E-state index in [1.165, 1.54) is 16.9 Å². The molecular formula is C20H18ClN5OS. The average molecular weight is 412 g/mol. The van der Waals surface area contributed by atoms with Crippen molar-refractivity contribution in [2.45, 2.75) is 26.2 Å². The van der Waals surface area contributed by atoms with Crippen molar-refractivity contribution in [1.29, 1.82) is 0 Å². The molecule has 0 saturated carbocycles. The zero-order valence-corrected chi connectivity index (χ0v) is 17.2. The van der Waals surface area contributed by atoms with Crippen LogP contribution in [0.2, 0.25) is 5.02 Å². The van der Waals surface area contributed by atoms with E-state index < -0.39 is 0 Å². The Labute approximate surface area is 171 Å². The van der Waals surface area contributed by atoms with Crippen LogP contribution >= 0.6 is 22.9 Å². The molecule has 142 valence electrons. The van der Waals surface area contributed by atoms with Gasteiger partial charge in [0.25, 0.3) is 5.91 Å². The molecule has 0 radical (unpaired) electrons. The minimum Gasteiger partial charge on any atom is -0.296 e. The van der Waals surface area contributed by atoms with Gasteiger partial charge in [0.15, 0.2) is 5.82 Å². The van der Waals surface area contributed by atoms with E-state index in [-0.39, 0.29) is 11.3 Å². The van der Waals surface area contributed by atoms with Gasteiger partial charge in [-0.2, -0.15) is 4.52 Å². The molecule has 4 rings (SSSR count). The first-order valence-corrected chi connectivity index (χ1v) is 9.91. The fourth-order valence-electron chi connectivity index (χ4n) is 2.77. The summed E-state index contributed by atoms with van der Waals surface area (Å²) in [5.41, 5.74) is 2.60. The highest BCUT2D eigenvalue weighted by molar-refractivity contribution is 7.20. The number of amides is 1. The maximum Gasteiger partial charge on any atom is 0.257 e. The molecule has 0 spiro atoms. The van der Waals surface area contributed by atoms with Crippen LogP contribution in [0.15, 0.2) is 48.5 Å². The number of carbonyl (C=O) groups excluding carboxylic acids is 1. The number of hydrogen-bond acceptors (Lipinski definition) is 5. The van der Waals surface area contributed by atoms with Crippen molar-refractivity contribution in [3.05, 3.63) is 64.7 Å². The number of nitrogens with one attached hydrogen (secondary N) is 1. The highest BCUT2D eigenvalue weighted by Gasteiger charge is 2.17. The minimum atomic E-state index is -0.213. The fourth-order valence-corrected chi connectivity index (χ4v) is 3.69. The van der Waals surface area contributed by atoms with Gasteiger partial charge in [-0.05, 0) is 35.2 Å². The van der Waals surface area contributed by atoms with Crippen LogP contribution in [0, 0.1) is 0 Å². The maximum atomic E-state index is 12.6. The lowest BCUT2D eigenvalue weighted by Crippen LogP contribution is -2.14. The van der Waals surface area contributed by atoms with E-state index in [2.05, 4.69) is 41.4 Å². The SMILES string of the molecule is CC(C)(C)c1ccc(C(=O)Nc2nn3c(-c4cccc(Cl)c4)nnc3s2)cc1. The van der Waals surface area contributed by atoms with E-state index in [4.69, 9.17) is 11.6 Å². The first-order valence-electron chi connectivity index (χ1n) is 8.71. The van der Waals surface area contributed by atoms with Crippen molar-refractivity contribution >= 4 is 38.9 Å². The quantitative estimate of drug-likeness (QED) is 0.511. The minimum absolute atomic E-state index is 0.0410. The third-order valence-corrected chi connectivity index (χ3v) is 5.36. The lowest BCUT2D eigenvalue weighted by molar-refractivity contribution is 0.102. The van der Waals surface area contributed by atoms with Crippen LogP contribution in [0.3, 0.4) is 0 Å². The Bertz CT molecular complexity index is 1160. The van der Waals surface area contributed by atoms with Gasteiger partial charge in [0.1, 0.15) is 0 Å². The van der Waals surface area contributed by atoms with E-state index in [1.807, 2.05) is 36.4 Å². The molecule has 8 heteroatoms. The molecule has 0 saturated heterocycles. The normalized spacial score (nSPS) is 11.7. The fraction of sp³-hybridized carbons (Fsp3) is 0.200. The first-order chi connectivity index (χ1) is 13.3. The van der Waals surface area contributed by atoms with Gasteiger partial charge in [-0.25, -0.2) is 0 Å². The second kappa shape index (κ2) is 7.00. The Morgan fingerprint density at radius 1 is 1.11 bits per heavy atom. The highest BCUT2D eigenvalue weighted by atomic mass is 35.5. The molecule has 0 bridgehead atoms. The number of hydrogen-bond donors (Lipinski definition) is 1. The first kappa shape index (κ1) is 18.6. The zero-order chi connectivity index (χ0) is 19.9. The Hall–Kier alpha value is -2.77. The second-order valence-corrected chi connectivity index (χ2v) is 8.81. The number of fused-ring (bicyclic) bond motifs is 1. The molecule has 0 unspecified atom stereocenters. The largest absolute Gasteiger partial charge is 0.296 e. The van der Waals surface area contributed by atoms with Crippen molar-refractivity contribution in [3.63, 3.8) is 0 Å². The molecular weight excluding hydrogens is 394 g/mol. The van der Waals surface area contributed by atoms with Gasteiger partial charge in [0.05, 0.1) is 0 Å². The number of halogens is 1. The van der Waals surface area contributed by atoms with Crippen LogP contribution in [0.1, 0.15) is 36.7 Å². The number of carbonyl (C=O) groups is 1. The number of aromatic nitrogens is 4. The van der Waals surface area contributed by atoms with Gasteiger partial charge in [-0.15, -0.1) is 15.3 Å². The van der Waals surface area contributed by atoms with E-state index in [0.717, 1.165) is 5.56 Å². The van der Waals surface area contributed by atoms with Crippen LogP contribution in [-0.4, -0.2) is 25.7 Å². The summed E-state index contributed by atoms with van der Waals surface area (Å²) < 4.78 is 1.61. The Balaban J connectivity index is 1.58. The number of benzene rings is 2. The summed E-state index contributed by atoms with van der Waals surface area (Å²) in [5.74, 6) is 0.360. The van der Waals surface area contributed by atoms with Crippen LogP contribution in [0.25, 0.3) is 16.3 Å². The van der Waals surface area contributed by atoms with Crippen molar-refractivity contribution < 1.29 is 4.79 Å². The number of rotatable bonds is 3. The van der Waals surface area contributed by atoms with Gasteiger partial charge in [0, 0.05) is 16.1 Å². The lowest BCUT2D eigenvalue weighted by Gasteiger charge is -2.18. The van der Waals surface area contributed by atoms with Gasteiger partial charge in [-0.1, -0.05) is 68.0 Å². The Morgan fingerprint density at radius 2 is 1.86 bits per heavy atom. The summed E-state index contributed by atoms with van der Waals surface area (Å²) in [7, 11) is 0. The number of nitrogens with zero attached hydrogens (tertiary/aromatic N) is 4. The van der Waals surface area contributed by atoms with E-state index in [0.29, 0.717) is 26.5 Å². The summed E-state index contributed by atoms with van der Waals surface area (Å²) in [4.78, 5) is 13.2. The predicted molar refractivity (Wildman–Crippen MR) is 112 cm³/mol. The third kappa shape index (κ3) is 3.63. The summed E-state index contributed by atoms with van der Waals surface area (Å²) in [5, 5.41) is 16.6. The van der Waals surface area contributed by atoms with Gasteiger partial charge >= 0.3 is 0 Å². The summed E-state index contributed by atoms with van der Waals surface area (Å²) in [6.45, 7) is 6.41. The van der Waals surface area contributed by atoms with Gasteiger partial charge < -0.3 is 0 Å². The standard InChI is InChI=1S/C20H18ClN5OS/c1-20(2,3)14-9-7-12(8-10-14)17(27)22-18-25-26-16(23-24-19(26)28-18)13-5-4-6-15(21)11-13/h4-11H,1-3H3,(H,22,25,27). The molecule has 1 amide bonds. The Morgan fingerprint density at radius 3 is 2.54 bits per heavy atom. The zero-order valence-electron chi connectivity index (χ0n) is 15.6. The highest BCUT2D eigenvalue weighted by Crippen LogP contribution is 2.26. The molecule has 0 aliphatic rings. The number of anilines is 1. The topological polar surface area (TPSA) is 72.2 Å². The monoisotopic (exact) mass is 411 g/mol. The summed E-state index contributed by atoms with van der Waals surface area (Å²) >= 11 is 7.32. The molecule has 4 aromatic rings. The molecule has 0 aliphatic heterocycles. The molecule has 0 atom stereocenters. The molecule has 28 heavy (non-hydrogen) atoms. The van der Waals surface area contributed by atoms with Crippen molar-refractivity contribution in [2.24, 2.45) is 0 Å².